The zero-order valence-electron chi connectivity index (χ0n) is 18.0. The van der Waals surface area contributed by atoms with Crippen molar-refractivity contribution in [2.24, 2.45) is 0 Å². The molecule has 2 aliphatic rings. The van der Waals surface area contributed by atoms with Crippen molar-refractivity contribution in [1.29, 1.82) is 0 Å². The maximum absolute atomic E-state index is 10.2. The van der Waals surface area contributed by atoms with Crippen molar-refractivity contribution in [3.05, 3.63) is 88.4 Å². The van der Waals surface area contributed by atoms with Crippen LogP contribution in [0.5, 0.6) is 17.2 Å². The number of rotatable bonds is 6. The molecule has 5 rings (SSSR count). The summed E-state index contributed by atoms with van der Waals surface area (Å²) in [4.78, 5) is 2.45. The molecule has 1 N–H and O–H groups in total. The number of hydrogen-bond acceptors (Lipinski definition) is 4. The van der Waals surface area contributed by atoms with Gasteiger partial charge in [-0.1, -0.05) is 35.9 Å². The van der Waals surface area contributed by atoms with Crippen LogP contribution in [-0.2, 0) is 0 Å². The van der Waals surface area contributed by atoms with E-state index in [0.29, 0.717) is 13.2 Å². The molecule has 2 heterocycles. The summed E-state index contributed by atoms with van der Waals surface area (Å²) in [6.45, 7) is 4.63. The lowest BCUT2D eigenvalue weighted by Gasteiger charge is -2.34. The van der Waals surface area contributed by atoms with Crippen LogP contribution in [-0.4, -0.2) is 42.9 Å². The number of nitrogens with zero attached hydrogens (tertiary/aromatic N) is 1. The molecule has 0 spiro atoms. The monoisotopic (exact) mass is 449 g/mol. The summed E-state index contributed by atoms with van der Waals surface area (Å²) in [5.41, 5.74) is 3.34. The Hall–Kier alpha value is -2.69. The first-order valence-corrected chi connectivity index (χ1v) is 11.7. The van der Waals surface area contributed by atoms with Crippen LogP contribution in [0.15, 0.2) is 66.7 Å². The van der Waals surface area contributed by atoms with Gasteiger partial charge in [0.2, 0.25) is 0 Å². The Morgan fingerprint density at radius 3 is 2.41 bits per heavy atom. The highest BCUT2D eigenvalue weighted by molar-refractivity contribution is 6.30. The normalized spacial score (nSPS) is 20.5. The molecule has 0 unspecified atom stereocenters. The first-order chi connectivity index (χ1) is 15.7. The van der Waals surface area contributed by atoms with E-state index < -0.39 is 0 Å². The zero-order valence-corrected chi connectivity index (χ0v) is 18.8. The molecule has 5 heteroatoms. The number of likely N-dealkylation sites (tertiary alicyclic amines) is 1. The third-order valence-corrected chi connectivity index (χ3v) is 6.81. The fourth-order valence-electron chi connectivity index (χ4n) is 4.88. The van der Waals surface area contributed by atoms with Gasteiger partial charge in [-0.05, 0) is 79.5 Å². The van der Waals surface area contributed by atoms with Gasteiger partial charge >= 0.3 is 0 Å². The van der Waals surface area contributed by atoms with E-state index in [1.54, 1.807) is 6.07 Å². The third-order valence-electron chi connectivity index (χ3n) is 6.56. The average Bonchev–Trinajstić information content (AvgIpc) is 3.33. The summed E-state index contributed by atoms with van der Waals surface area (Å²) in [6, 6.07) is 21.7. The Morgan fingerprint density at radius 2 is 1.66 bits per heavy atom. The van der Waals surface area contributed by atoms with E-state index in [1.165, 1.54) is 37.1 Å². The van der Waals surface area contributed by atoms with Gasteiger partial charge in [0, 0.05) is 29.0 Å². The Kier molecular flexibility index (Phi) is 6.24. The van der Waals surface area contributed by atoms with Crippen molar-refractivity contribution in [3.63, 3.8) is 0 Å². The fraction of sp³-hybridized carbons (Fsp3) is 0.333. The van der Waals surface area contributed by atoms with Crippen LogP contribution < -0.4 is 9.47 Å². The summed E-state index contributed by atoms with van der Waals surface area (Å²) in [7, 11) is 0. The third kappa shape index (κ3) is 4.57. The lowest BCUT2D eigenvalue weighted by Crippen LogP contribution is -2.25. The van der Waals surface area contributed by atoms with Gasteiger partial charge in [0.15, 0.2) is 0 Å². The zero-order chi connectivity index (χ0) is 21.9. The van der Waals surface area contributed by atoms with Gasteiger partial charge in [-0.3, -0.25) is 4.90 Å². The topological polar surface area (TPSA) is 41.9 Å². The van der Waals surface area contributed by atoms with Crippen molar-refractivity contribution < 1.29 is 14.6 Å². The van der Waals surface area contributed by atoms with E-state index in [4.69, 9.17) is 21.1 Å². The van der Waals surface area contributed by atoms with E-state index in [9.17, 15) is 5.11 Å². The van der Waals surface area contributed by atoms with Crippen LogP contribution in [0.3, 0.4) is 0 Å². The number of ether oxygens (including phenoxy) is 2. The number of hydrogen-bond donors (Lipinski definition) is 1. The minimum absolute atomic E-state index is 0.0608. The Bertz CT molecular complexity index is 1050. The molecule has 0 bridgehead atoms. The average molecular weight is 450 g/mol. The first kappa shape index (κ1) is 21.2. The second-order valence-corrected chi connectivity index (χ2v) is 9.07. The first-order valence-electron chi connectivity index (χ1n) is 11.3. The highest BCUT2D eigenvalue weighted by atomic mass is 35.5. The molecule has 0 aromatic heterocycles. The van der Waals surface area contributed by atoms with Crippen LogP contribution in [0.25, 0.3) is 0 Å². The highest BCUT2D eigenvalue weighted by Gasteiger charge is 2.33. The SMILES string of the molecule is Oc1ccc2c(c1)[C@@H](c1ccc(OCCN3CCCC3)cc1)[C@@H](c1ccc(Cl)cc1)CO2. The molecule has 4 nitrogen and oxygen atoms in total. The van der Waals surface area contributed by atoms with E-state index in [0.717, 1.165) is 28.6 Å². The van der Waals surface area contributed by atoms with Gasteiger partial charge in [-0.15, -0.1) is 0 Å². The van der Waals surface area contributed by atoms with Gasteiger partial charge < -0.3 is 14.6 Å². The van der Waals surface area contributed by atoms with Crippen LogP contribution in [0, 0.1) is 0 Å². The summed E-state index contributed by atoms with van der Waals surface area (Å²) < 4.78 is 12.1. The standard InChI is InChI=1S/C27H28ClNO3/c28-21-7-3-19(4-8-21)25-18-32-26-12-9-22(30)17-24(26)27(25)20-5-10-23(11-6-20)31-16-15-29-13-1-2-14-29/h3-12,17,25,27,30H,1-2,13-16,18H2/t25-,27-/m1/s1. The quantitative estimate of drug-likeness (QED) is 0.514. The van der Waals surface area contributed by atoms with Gasteiger partial charge in [0.05, 0.1) is 6.61 Å². The van der Waals surface area contributed by atoms with E-state index in [1.807, 2.05) is 24.3 Å². The number of aromatic hydroxyl groups is 1. The number of benzene rings is 3. The predicted octanol–water partition coefficient (Wildman–Crippen LogP) is 5.83. The molecule has 0 aliphatic carbocycles. The molecular weight excluding hydrogens is 422 g/mol. The van der Waals surface area contributed by atoms with E-state index in [-0.39, 0.29) is 17.6 Å². The maximum Gasteiger partial charge on any atom is 0.123 e. The fourth-order valence-corrected chi connectivity index (χ4v) is 5.01. The van der Waals surface area contributed by atoms with Crippen molar-refractivity contribution in [2.75, 3.05) is 32.8 Å². The Balaban J connectivity index is 1.40. The second-order valence-electron chi connectivity index (χ2n) is 8.64. The molecule has 0 saturated carbocycles. The molecular formula is C27H28ClNO3. The van der Waals surface area contributed by atoms with Gasteiger partial charge in [0.25, 0.3) is 0 Å². The van der Waals surface area contributed by atoms with Crippen molar-refractivity contribution in [3.8, 4) is 17.2 Å². The molecule has 1 fully saturated rings. The maximum atomic E-state index is 10.2. The molecule has 32 heavy (non-hydrogen) atoms. The number of phenols is 1. The number of fused-ring (bicyclic) bond motifs is 1. The lowest BCUT2D eigenvalue weighted by molar-refractivity contribution is 0.237. The Morgan fingerprint density at radius 1 is 0.938 bits per heavy atom. The summed E-state index contributed by atoms with van der Waals surface area (Å²) in [5, 5.41) is 10.9. The molecule has 0 amide bonds. The molecule has 0 radical (unpaired) electrons. The van der Waals surface area contributed by atoms with Gasteiger partial charge in [-0.2, -0.15) is 0 Å². The largest absolute Gasteiger partial charge is 0.508 e. The molecule has 3 aromatic rings. The molecule has 1 saturated heterocycles. The highest BCUT2D eigenvalue weighted by Crippen LogP contribution is 2.47. The lowest BCUT2D eigenvalue weighted by atomic mass is 9.76. The molecule has 166 valence electrons. The summed E-state index contributed by atoms with van der Waals surface area (Å²) in [6.07, 6.45) is 2.59. The minimum Gasteiger partial charge on any atom is -0.508 e. The van der Waals surface area contributed by atoms with E-state index in [2.05, 4.69) is 41.3 Å². The van der Waals surface area contributed by atoms with Gasteiger partial charge in [0.1, 0.15) is 23.9 Å². The summed E-state index contributed by atoms with van der Waals surface area (Å²) >= 11 is 6.13. The van der Waals surface area contributed by atoms with Crippen LogP contribution in [0.4, 0.5) is 0 Å². The Labute approximate surface area is 194 Å². The molecule has 3 aromatic carbocycles. The number of phenolic OH excluding ortho intramolecular Hbond substituents is 1. The van der Waals surface area contributed by atoms with Crippen LogP contribution >= 0.6 is 11.6 Å². The van der Waals surface area contributed by atoms with Crippen molar-refractivity contribution in [2.45, 2.75) is 24.7 Å². The number of halogens is 1. The van der Waals surface area contributed by atoms with Crippen molar-refractivity contribution in [1.82, 2.24) is 4.90 Å². The van der Waals surface area contributed by atoms with Crippen molar-refractivity contribution >= 4 is 11.6 Å². The molecule has 2 aliphatic heterocycles. The predicted molar refractivity (Wildman–Crippen MR) is 127 cm³/mol. The van der Waals surface area contributed by atoms with Crippen LogP contribution in [0.2, 0.25) is 5.02 Å². The summed E-state index contributed by atoms with van der Waals surface area (Å²) in [5.74, 6) is 2.13. The molecule has 2 atom stereocenters. The van der Waals surface area contributed by atoms with E-state index >= 15 is 0 Å². The van der Waals surface area contributed by atoms with Crippen LogP contribution in [0.1, 0.15) is 41.4 Å². The van der Waals surface area contributed by atoms with Gasteiger partial charge in [-0.25, -0.2) is 0 Å². The second kappa shape index (κ2) is 9.43. The minimum atomic E-state index is 0.0608. The smallest absolute Gasteiger partial charge is 0.123 e.